The van der Waals surface area contributed by atoms with Crippen molar-refractivity contribution in [1.29, 1.82) is 0 Å². The molecule has 0 fully saturated rings. The first-order chi connectivity index (χ1) is 12.3. The lowest BCUT2D eigenvalue weighted by Gasteiger charge is -2.09. The van der Waals surface area contributed by atoms with Gasteiger partial charge in [0.15, 0.2) is 0 Å². The highest BCUT2D eigenvalue weighted by atomic mass is 16.6. The molecular weight excluding hydrogens is 336 g/mol. The maximum Gasteiger partial charge on any atom is 0.343 e. The van der Waals surface area contributed by atoms with Crippen LogP contribution in [-0.2, 0) is 11.3 Å². The minimum Gasteiger partial charge on any atom is -0.415 e. The number of esters is 1. The summed E-state index contributed by atoms with van der Waals surface area (Å²) < 4.78 is 5.27. The molecule has 26 heavy (non-hydrogen) atoms. The van der Waals surface area contributed by atoms with Crippen LogP contribution in [0.4, 0.5) is 5.69 Å². The molecule has 7 heteroatoms. The van der Waals surface area contributed by atoms with Crippen molar-refractivity contribution in [2.45, 2.75) is 20.4 Å². The number of hydrogen-bond donors (Lipinski definition) is 1. The maximum atomic E-state index is 12.3. The highest BCUT2D eigenvalue weighted by Gasteiger charge is 2.22. The summed E-state index contributed by atoms with van der Waals surface area (Å²) in [5.41, 5.74) is 2.00. The Balaban J connectivity index is 2.17. The van der Waals surface area contributed by atoms with Crippen molar-refractivity contribution in [2.24, 2.45) is 0 Å². The van der Waals surface area contributed by atoms with Gasteiger partial charge in [-0.15, -0.1) is 0 Å². The molecular formula is C19H18N2O5. The molecule has 7 nitrogen and oxygen atoms in total. The second kappa shape index (κ2) is 8.06. The van der Waals surface area contributed by atoms with E-state index in [1.54, 1.807) is 32.0 Å². The van der Waals surface area contributed by atoms with E-state index in [-0.39, 0.29) is 22.9 Å². The van der Waals surface area contributed by atoms with E-state index in [4.69, 9.17) is 4.74 Å². The van der Waals surface area contributed by atoms with E-state index in [2.05, 4.69) is 11.9 Å². The van der Waals surface area contributed by atoms with Crippen molar-refractivity contribution in [3.63, 3.8) is 0 Å². The molecule has 2 aromatic rings. The zero-order valence-corrected chi connectivity index (χ0v) is 14.4. The Kier molecular flexibility index (Phi) is 5.85. The molecule has 0 aromatic heterocycles. The molecule has 0 heterocycles. The summed E-state index contributed by atoms with van der Waals surface area (Å²) >= 11 is 0. The minimum atomic E-state index is -0.693. The Morgan fingerprint density at radius 2 is 1.88 bits per heavy atom. The van der Waals surface area contributed by atoms with Crippen LogP contribution in [0, 0.1) is 24.0 Å². The fourth-order valence-electron chi connectivity index (χ4n) is 2.37. The van der Waals surface area contributed by atoms with E-state index in [1.165, 1.54) is 24.3 Å². The first-order valence-electron chi connectivity index (χ1n) is 7.79. The van der Waals surface area contributed by atoms with Crippen LogP contribution in [0.2, 0.25) is 0 Å². The number of nitro benzene ring substituents is 1. The monoisotopic (exact) mass is 354 g/mol. The van der Waals surface area contributed by atoms with E-state index >= 15 is 0 Å². The van der Waals surface area contributed by atoms with Crippen LogP contribution in [0.15, 0.2) is 49.1 Å². The van der Waals surface area contributed by atoms with Gasteiger partial charge in [0, 0.05) is 12.6 Å². The van der Waals surface area contributed by atoms with Gasteiger partial charge in [-0.1, -0.05) is 24.8 Å². The quantitative estimate of drug-likeness (QED) is 0.282. The van der Waals surface area contributed by atoms with Crippen molar-refractivity contribution in [3.8, 4) is 5.75 Å². The standard InChI is InChI=1S/C19H18N2O5/c1-4-17(22)20-11-14-5-7-15(8-6-14)19(23)26-18-13(3)9-12(2)10-16(18)21(24)25/h4-10H,1,11H2,2-3H3,(H,20,22). The van der Waals surface area contributed by atoms with Crippen LogP contribution in [0.1, 0.15) is 27.0 Å². The molecule has 1 amide bonds. The number of nitro groups is 1. The van der Waals surface area contributed by atoms with Gasteiger partial charge >= 0.3 is 11.7 Å². The highest BCUT2D eigenvalue weighted by molar-refractivity contribution is 5.92. The zero-order valence-electron chi connectivity index (χ0n) is 14.4. The zero-order chi connectivity index (χ0) is 19.3. The van der Waals surface area contributed by atoms with Crippen LogP contribution >= 0.6 is 0 Å². The molecule has 0 bridgehead atoms. The molecule has 134 valence electrons. The van der Waals surface area contributed by atoms with E-state index in [9.17, 15) is 19.7 Å². The Hall–Kier alpha value is -3.48. The second-order valence-corrected chi connectivity index (χ2v) is 5.70. The van der Waals surface area contributed by atoms with Crippen LogP contribution in [-0.4, -0.2) is 16.8 Å². The molecule has 2 aromatic carbocycles. The van der Waals surface area contributed by atoms with E-state index < -0.39 is 10.9 Å². The number of ether oxygens (including phenoxy) is 1. The first-order valence-corrected chi connectivity index (χ1v) is 7.79. The lowest BCUT2D eigenvalue weighted by molar-refractivity contribution is -0.385. The third-order valence-corrected chi connectivity index (χ3v) is 3.63. The third kappa shape index (κ3) is 4.54. The van der Waals surface area contributed by atoms with Gasteiger partial charge in [0.05, 0.1) is 10.5 Å². The van der Waals surface area contributed by atoms with Crippen molar-refractivity contribution in [1.82, 2.24) is 5.32 Å². The lowest BCUT2D eigenvalue weighted by Crippen LogP contribution is -2.20. The van der Waals surface area contributed by atoms with Crippen LogP contribution in [0.5, 0.6) is 5.75 Å². The van der Waals surface area contributed by atoms with Crippen molar-refractivity contribution >= 4 is 17.6 Å². The number of aryl methyl sites for hydroxylation is 2. The van der Waals surface area contributed by atoms with Gasteiger partial charge in [0.1, 0.15) is 0 Å². The maximum absolute atomic E-state index is 12.3. The first kappa shape index (κ1) is 18.9. The summed E-state index contributed by atoms with van der Waals surface area (Å²) in [6.07, 6.45) is 1.17. The summed E-state index contributed by atoms with van der Waals surface area (Å²) in [4.78, 5) is 34.1. The Bertz CT molecular complexity index is 872. The predicted octanol–water partition coefficient (Wildman–Crippen LogP) is 3.23. The molecule has 0 atom stereocenters. The topological polar surface area (TPSA) is 98.5 Å². The smallest absolute Gasteiger partial charge is 0.343 e. The number of benzene rings is 2. The Labute approximate surface area is 150 Å². The molecule has 0 saturated heterocycles. The van der Waals surface area contributed by atoms with Gasteiger partial charge in [-0.05, 0) is 48.7 Å². The number of carbonyl (C=O) groups excluding carboxylic acids is 2. The minimum absolute atomic E-state index is 0.0621. The van der Waals surface area contributed by atoms with Gasteiger partial charge in [0.25, 0.3) is 0 Å². The number of nitrogens with one attached hydrogen (secondary N) is 1. The predicted molar refractivity (Wildman–Crippen MR) is 96.0 cm³/mol. The van der Waals surface area contributed by atoms with Crippen molar-refractivity contribution in [3.05, 3.63) is 81.4 Å². The van der Waals surface area contributed by atoms with Gasteiger partial charge in [-0.3, -0.25) is 14.9 Å². The average Bonchev–Trinajstić information content (AvgIpc) is 2.61. The summed E-state index contributed by atoms with van der Waals surface area (Å²) in [5.74, 6) is -1.05. The Morgan fingerprint density at radius 3 is 2.46 bits per heavy atom. The SMILES string of the molecule is C=CC(=O)NCc1ccc(C(=O)Oc2c(C)cc(C)cc2[N+](=O)[O-])cc1. The molecule has 0 radical (unpaired) electrons. The third-order valence-electron chi connectivity index (χ3n) is 3.63. The van der Waals surface area contributed by atoms with E-state index in [1.807, 2.05) is 0 Å². The van der Waals surface area contributed by atoms with Crippen LogP contribution < -0.4 is 10.1 Å². The summed E-state index contributed by atoms with van der Waals surface area (Å²) in [6.45, 7) is 7.03. The highest BCUT2D eigenvalue weighted by Crippen LogP contribution is 2.32. The van der Waals surface area contributed by atoms with Gasteiger partial charge in [-0.25, -0.2) is 4.79 Å². The van der Waals surface area contributed by atoms with Crippen molar-refractivity contribution in [2.75, 3.05) is 0 Å². The summed E-state index contributed by atoms with van der Waals surface area (Å²) in [7, 11) is 0. The van der Waals surface area contributed by atoms with Crippen molar-refractivity contribution < 1.29 is 19.2 Å². The van der Waals surface area contributed by atoms with Gasteiger partial charge in [-0.2, -0.15) is 0 Å². The van der Waals surface area contributed by atoms with E-state index in [0.29, 0.717) is 17.7 Å². The molecule has 2 rings (SSSR count). The molecule has 0 aliphatic rings. The molecule has 1 N–H and O–H groups in total. The summed E-state index contributed by atoms with van der Waals surface area (Å²) in [6, 6.07) is 9.47. The number of nitrogens with zero attached hydrogens (tertiary/aromatic N) is 1. The fraction of sp³-hybridized carbons (Fsp3) is 0.158. The molecule has 0 aliphatic heterocycles. The van der Waals surface area contributed by atoms with Gasteiger partial charge < -0.3 is 10.1 Å². The number of hydrogen-bond acceptors (Lipinski definition) is 5. The molecule has 0 saturated carbocycles. The number of rotatable bonds is 6. The largest absolute Gasteiger partial charge is 0.415 e. The second-order valence-electron chi connectivity index (χ2n) is 5.70. The average molecular weight is 354 g/mol. The number of amides is 1. The normalized spacial score (nSPS) is 10.1. The molecule has 0 spiro atoms. The lowest BCUT2D eigenvalue weighted by atomic mass is 10.1. The summed E-state index contributed by atoms with van der Waals surface area (Å²) in [5, 5.41) is 13.8. The van der Waals surface area contributed by atoms with Gasteiger partial charge in [0.2, 0.25) is 11.7 Å². The van der Waals surface area contributed by atoms with E-state index in [0.717, 1.165) is 5.56 Å². The molecule has 0 unspecified atom stereocenters. The fourth-order valence-corrected chi connectivity index (χ4v) is 2.37. The number of carbonyl (C=O) groups is 2. The molecule has 0 aliphatic carbocycles. The van der Waals surface area contributed by atoms with Crippen LogP contribution in [0.3, 0.4) is 0 Å². The Morgan fingerprint density at radius 1 is 1.23 bits per heavy atom. The van der Waals surface area contributed by atoms with Crippen LogP contribution in [0.25, 0.3) is 0 Å².